The molecule has 0 radical (unpaired) electrons. The van der Waals surface area contributed by atoms with Crippen LogP contribution in [0.4, 0.5) is 5.69 Å². The first-order valence-corrected chi connectivity index (χ1v) is 8.55. The van der Waals surface area contributed by atoms with Crippen LogP contribution in [0.15, 0.2) is 54.6 Å². The highest BCUT2D eigenvalue weighted by atomic mass is 16.5. The SMILES string of the molecule is CCCOc1ccc(C=CC(=O)Nc2ccc(OC(C)C)cc2)cc1. The minimum Gasteiger partial charge on any atom is -0.494 e. The van der Waals surface area contributed by atoms with Gasteiger partial charge in [0.05, 0.1) is 12.7 Å². The maximum atomic E-state index is 12.0. The van der Waals surface area contributed by atoms with E-state index >= 15 is 0 Å². The zero-order valence-corrected chi connectivity index (χ0v) is 15.0. The number of rotatable bonds is 8. The van der Waals surface area contributed by atoms with Gasteiger partial charge in [-0.2, -0.15) is 0 Å². The van der Waals surface area contributed by atoms with Crippen LogP contribution in [0.3, 0.4) is 0 Å². The fraction of sp³-hybridized carbons (Fsp3) is 0.286. The molecular formula is C21H25NO3. The Labute approximate surface area is 149 Å². The highest BCUT2D eigenvalue weighted by molar-refractivity contribution is 6.01. The Balaban J connectivity index is 1.87. The summed E-state index contributed by atoms with van der Waals surface area (Å²) in [5.74, 6) is 1.45. The molecule has 4 nitrogen and oxygen atoms in total. The molecule has 0 aliphatic heterocycles. The monoisotopic (exact) mass is 339 g/mol. The summed E-state index contributed by atoms with van der Waals surface area (Å²) in [7, 11) is 0. The number of hydrogen-bond donors (Lipinski definition) is 1. The van der Waals surface area contributed by atoms with Gasteiger partial charge in [-0.05, 0) is 68.3 Å². The molecule has 0 spiro atoms. The van der Waals surface area contributed by atoms with Crippen molar-refractivity contribution in [3.05, 3.63) is 60.2 Å². The normalized spacial score (nSPS) is 10.9. The molecule has 0 aliphatic rings. The summed E-state index contributed by atoms with van der Waals surface area (Å²) in [6, 6.07) is 15.0. The minimum atomic E-state index is -0.177. The first-order valence-electron chi connectivity index (χ1n) is 8.55. The van der Waals surface area contributed by atoms with Gasteiger partial charge in [-0.1, -0.05) is 19.1 Å². The van der Waals surface area contributed by atoms with Crippen molar-refractivity contribution in [1.29, 1.82) is 0 Å². The van der Waals surface area contributed by atoms with E-state index in [-0.39, 0.29) is 12.0 Å². The summed E-state index contributed by atoms with van der Waals surface area (Å²) >= 11 is 0. The third kappa shape index (κ3) is 6.71. The van der Waals surface area contributed by atoms with Crippen LogP contribution in [-0.4, -0.2) is 18.6 Å². The molecule has 1 N–H and O–H groups in total. The maximum Gasteiger partial charge on any atom is 0.248 e. The van der Waals surface area contributed by atoms with Crippen LogP contribution in [0.25, 0.3) is 6.08 Å². The predicted molar refractivity (Wildman–Crippen MR) is 102 cm³/mol. The van der Waals surface area contributed by atoms with Crippen molar-refractivity contribution in [2.24, 2.45) is 0 Å². The Bertz CT molecular complexity index is 688. The smallest absolute Gasteiger partial charge is 0.248 e. The van der Waals surface area contributed by atoms with Crippen molar-refractivity contribution in [3.63, 3.8) is 0 Å². The Hall–Kier alpha value is -2.75. The highest BCUT2D eigenvalue weighted by Crippen LogP contribution is 2.17. The van der Waals surface area contributed by atoms with Crippen LogP contribution in [-0.2, 0) is 4.79 Å². The molecule has 2 aromatic carbocycles. The van der Waals surface area contributed by atoms with E-state index in [4.69, 9.17) is 9.47 Å². The average molecular weight is 339 g/mol. The molecule has 1 amide bonds. The van der Waals surface area contributed by atoms with Gasteiger partial charge in [0.2, 0.25) is 5.91 Å². The van der Waals surface area contributed by atoms with E-state index in [2.05, 4.69) is 12.2 Å². The second-order valence-corrected chi connectivity index (χ2v) is 5.93. The summed E-state index contributed by atoms with van der Waals surface area (Å²) in [5.41, 5.74) is 1.67. The van der Waals surface area contributed by atoms with Crippen molar-refractivity contribution in [1.82, 2.24) is 0 Å². The number of carbonyl (C=O) groups excluding carboxylic acids is 1. The summed E-state index contributed by atoms with van der Waals surface area (Å²) < 4.78 is 11.1. The molecular weight excluding hydrogens is 314 g/mol. The van der Waals surface area contributed by atoms with Crippen LogP contribution in [0.1, 0.15) is 32.8 Å². The first kappa shape index (κ1) is 18.6. The lowest BCUT2D eigenvalue weighted by molar-refractivity contribution is -0.111. The molecule has 2 aromatic rings. The van der Waals surface area contributed by atoms with E-state index in [0.717, 1.165) is 29.2 Å². The first-order chi connectivity index (χ1) is 12.1. The molecule has 0 aromatic heterocycles. The minimum absolute atomic E-state index is 0.127. The number of benzene rings is 2. The Morgan fingerprint density at radius 3 is 2.28 bits per heavy atom. The van der Waals surface area contributed by atoms with Gasteiger partial charge < -0.3 is 14.8 Å². The van der Waals surface area contributed by atoms with E-state index < -0.39 is 0 Å². The van der Waals surface area contributed by atoms with E-state index in [0.29, 0.717) is 6.61 Å². The number of amides is 1. The van der Waals surface area contributed by atoms with Crippen molar-refractivity contribution in [2.45, 2.75) is 33.3 Å². The molecule has 0 unspecified atom stereocenters. The van der Waals surface area contributed by atoms with Crippen molar-refractivity contribution >= 4 is 17.7 Å². The number of ether oxygens (including phenoxy) is 2. The summed E-state index contributed by atoms with van der Waals surface area (Å²) in [5, 5.41) is 2.83. The maximum absolute atomic E-state index is 12.0. The molecule has 2 rings (SSSR count). The van der Waals surface area contributed by atoms with Gasteiger partial charge >= 0.3 is 0 Å². The topological polar surface area (TPSA) is 47.6 Å². The molecule has 4 heteroatoms. The van der Waals surface area contributed by atoms with Gasteiger partial charge in [-0.25, -0.2) is 0 Å². The second-order valence-electron chi connectivity index (χ2n) is 5.93. The standard InChI is InChI=1S/C21H25NO3/c1-4-15-24-19-10-5-17(6-11-19)7-14-21(23)22-18-8-12-20(13-9-18)25-16(2)3/h5-14,16H,4,15H2,1-3H3,(H,22,23). The Morgan fingerprint density at radius 2 is 1.68 bits per heavy atom. The lowest BCUT2D eigenvalue weighted by Gasteiger charge is -2.10. The van der Waals surface area contributed by atoms with E-state index in [9.17, 15) is 4.79 Å². The van der Waals surface area contributed by atoms with Gasteiger partial charge in [-0.3, -0.25) is 4.79 Å². The van der Waals surface area contributed by atoms with Crippen LogP contribution in [0, 0.1) is 0 Å². The largest absolute Gasteiger partial charge is 0.494 e. The molecule has 0 bridgehead atoms. The Kier molecular flexibility index (Phi) is 7.08. The summed E-state index contributed by atoms with van der Waals surface area (Å²) in [6.07, 6.45) is 4.39. The molecule has 0 saturated carbocycles. The molecule has 0 atom stereocenters. The van der Waals surface area contributed by atoms with Crippen molar-refractivity contribution in [3.8, 4) is 11.5 Å². The summed E-state index contributed by atoms with van der Waals surface area (Å²) in [4.78, 5) is 12.0. The summed E-state index contributed by atoms with van der Waals surface area (Å²) in [6.45, 7) is 6.73. The van der Waals surface area contributed by atoms with Gasteiger partial charge in [0.25, 0.3) is 0 Å². The lowest BCUT2D eigenvalue weighted by atomic mass is 10.2. The van der Waals surface area contributed by atoms with E-state index in [1.165, 1.54) is 6.08 Å². The lowest BCUT2D eigenvalue weighted by Crippen LogP contribution is -2.08. The van der Waals surface area contributed by atoms with Gasteiger partial charge in [0.15, 0.2) is 0 Å². The van der Waals surface area contributed by atoms with Gasteiger partial charge in [-0.15, -0.1) is 0 Å². The average Bonchev–Trinajstić information content (AvgIpc) is 2.60. The predicted octanol–water partition coefficient (Wildman–Crippen LogP) is 4.91. The number of anilines is 1. The highest BCUT2D eigenvalue weighted by Gasteiger charge is 2.01. The quantitative estimate of drug-likeness (QED) is 0.695. The van der Waals surface area contributed by atoms with Gasteiger partial charge in [0.1, 0.15) is 11.5 Å². The molecule has 0 fully saturated rings. The van der Waals surface area contributed by atoms with Crippen LogP contribution in [0.2, 0.25) is 0 Å². The number of hydrogen-bond acceptors (Lipinski definition) is 3. The third-order valence-electron chi connectivity index (χ3n) is 3.27. The zero-order chi connectivity index (χ0) is 18.1. The molecule has 25 heavy (non-hydrogen) atoms. The third-order valence-corrected chi connectivity index (χ3v) is 3.27. The molecule has 132 valence electrons. The Morgan fingerprint density at radius 1 is 1.04 bits per heavy atom. The molecule has 0 aliphatic carbocycles. The second kappa shape index (κ2) is 9.52. The number of carbonyl (C=O) groups is 1. The van der Waals surface area contributed by atoms with Gasteiger partial charge in [0, 0.05) is 11.8 Å². The fourth-order valence-corrected chi connectivity index (χ4v) is 2.14. The molecule has 0 saturated heterocycles. The van der Waals surface area contributed by atoms with E-state index in [1.54, 1.807) is 6.08 Å². The van der Waals surface area contributed by atoms with Crippen molar-refractivity contribution in [2.75, 3.05) is 11.9 Å². The fourth-order valence-electron chi connectivity index (χ4n) is 2.14. The molecule has 0 heterocycles. The zero-order valence-electron chi connectivity index (χ0n) is 15.0. The van der Waals surface area contributed by atoms with Crippen LogP contribution in [0.5, 0.6) is 11.5 Å². The van der Waals surface area contributed by atoms with Crippen LogP contribution >= 0.6 is 0 Å². The number of nitrogens with one attached hydrogen (secondary N) is 1. The van der Waals surface area contributed by atoms with E-state index in [1.807, 2.05) is 62.4 Å². The van der Waals surface area contributed by atoms with Crippen LogP contribution < -0.4 is 14.8 Å². The van der Waals surface area contributed by atoms with Crippen molar-refractivity contribution < 1.29 is 14.3 Å².